The maximum atomic E-state index is 11.6. The van der Waals surface area contributed by atoms with Gasteiger partial charge in [0.25, 0.3) is 0 Å². The van der Waals surface area contributed by atoms with Crippen molar-refractivity contribution in [1.82, 2.24) is 4.98 Å². The van der Waals surface area contributed by atoms with Gasteiger partial charge in [0, 0.05) is 0 Å². The van der Waals surface area contributed by atoms with Crippen LogP contribution in [0.25, 0.3) is 0 Å². The zero-order valence-electron chi connectivity index (χ0n) is 11.0. The van der Waals surface area contributed by atoms with Gasteiger partial charge in [0.2, 0.25) is 0 Å². The smallest absolute Gasteiger partial charge is 0.413 e. The van der Waals surface area contributed by atoms with Crippen molar-refractivity contribution in [2.24, 2.45) is 0 Å². The van der Waals surface area contributed by atoms with Gasteiger partial charge in [-0.3, -0.25) is 5.32 Å². The summed E-state index contributed by atoms with van der Waals surface area (Å²) in [4.78, 5) is 16.7. The highest BCUT2D eigenvalue weighted by molar-refractivity contribution is 7.16. The molecular weight excluding hydrogens is 252 g/mol. The number of amides is 1. The van der Waals surface area contributed by atoms with Crippen molar-refractivity contribution in [3.8, 4) is 0 Å². The number of anilines is 1. The number of aryl methyl sites for hydroxylation is 1. The molecule has 0 aliphatic heterocycles. The van der Waals surface area contributed by atoms with Crippen LogP contribution in [0.4, 0.5) is 9.93 Å². The lowest BCUT2D eigenvalue weighted by atomic mass is 10.2. The van der Waals surface area contributed by atoms with Gasteiger partial charge in [-0.2, -0.15) is 0 Å². The predicted octanol–water partition coefficient (Wildman–Crippen LogP) is 2.78. The number of hydrogen-bond donors (Lipinski definition) is 2. The number of carbonyl (C=O) groups is 1. The molecule has 1 aliphatic rings. The molecule has 2 N–H and O–H groups in total. The second kappa shape index (κ2) is 4.20. The number of thiazole rings is 1. The first-order valence-corrected chi connectivity index (χ1v) is 6.72. The Bertz CT molecular complexity index is 472. The second-order valence-corrected chi connectivity index (χ2v) is 6.59. The molecule has 0 radical (unpaired) electrons. The van der Waals surface area contributed by atoms with E-state index in [1.807, 2.05) is 6.92 Å². The monoisotopic (exact) mass is 270 g/mol. The van der Waals surface area contributed by atoms with Crippen LogP contribution in [0.3, 0.4) is 0 Å². The lowest BCUT2D eigenvalue weighted by molar-refractivity contribution is 0.0636. The van der Waals surface area contributed by atoms with Gasteiger partial charge in [-0.1, -0.05) is 11.3 Å². The molecule has 0 atom stereocenters. The van der Waals surface area contributed by atoms with Gasteiger partial charge in [0.05, 0.1) is 10.6 Å². The molecule has 1 aliphatic carbocycles. The SMILES string of the molecule is Cc1nc(NC(=O)OC(C)(C)C)sc1C1(O)CC1. The Morgan fingerprint density at radius 2 is 2.11 bits per heavy atom. The molecule has 0 aromatic carbocycles. The number of aromatic nitrogens is 1. The topological polar surface area (TPSA) is 71.5 Å². The Labute approximate surface area is 110 Å². The fourth-order valence-corrected chi connectivity index (χ4v) is 2.72. The summed E-state index contributed by atoms with van der Waals surface area (Å²) in [5, 5.41) is 13.1. The molecule has 0 bridgehead atoms. The normalized spacial score (nSPS) is 17.4. The van der Waals surface area contributed by atoms with E-state index >= 15 is 0 Å². The summed E-state index contributed by atoms with van der Waals surface area (Å²) in [5.41, 5.74) is -0.477. The van der Waals surface area contributed by atoms with Crippen molar-refractivity contribution < 1.29 is 14.6 Å². The summed E-state index contributed by atoms with van der Waals surface area (Å²) < 4.78 is 5.15. The Kier molecular flexibility index (Phi) is 3.11. The molecule has 1 heterocycles. The van der Waals surface area contributed by atoms with E-state index in [-0.39, 0.29) is 0 Å². The van der Waals surface area contributed by atoms with E-state index in [4.69, 9.17) is 4.74 Å². The molecule has 0 unspecified atom stereocenters. The molecule has 2 rings (SSSR count). The quantitative estimate of drug-likeness (QED) is 0.866. The second-order valence-electron chi connectivity index (χ2n) is 5.59. The third kappa shape index (κ3) is 3.00. The van der Waals surface area contributed by atoms with E-state index in [1.165, 1.54) is 11.3 Å². The summed E-state index contributed by atoms with van der Waals surface area (Å²) in [7, 11) is 0. The van der Waals surface area contributed by atoms with Gasteiger partial charge in [-0.05, 0) is 40.5 Å². The predicted molar refractivity (Wildman–Crippen MR) is 69.8 cm³/mol. The summed E-state index contributed by atoms with van der Waals surface area (Å²) in [6, 6.07) is 0. The molecule has 0 spiro atoms. The highest BCUT2D eigenvalue weighted by atomic mass is 32.1. The number of nitrogens with one attached hydrogen (secondary N) is 1. The third-order valence-corrected chi connectivity index (χ3v) is 3.82. The van der Waals surface area contributed by atoms with E-state index in [1.54, 1.807) is 20.8 Å². The van der Waals surface area contributed by atoms with Crippen molar-refractivity contribution in [2.75, 3.05) is 5.32 Å². The zero-order valence-corrected chi connectivity index (χ0v) is 11.8. The Balaban J connectivity index is 2.05. The van der Waals surface area contributed by atoms with Crippen molar-refractivity contribution in [3.05, 3.63) is 10.6 Å². The van der Waals surface area contributed by atoms with E-state index in [2.05, 4.69) is 10.3 Å². The summed E-state index contributed by atoms with van der Waals surface area (Å²) in [5.74, 6) is 0. The molecule has 1 fully saturated rings. The standard InChI is InChI=1S/C12H18N2O3S/c1-7-8(12(16)5-6-12)18-9(13-7)14-10(15)17-11(2,3)4/h16H,5-6H2,1-4H3,(H,13,14,15). The van der Waals surface area contributed by atoms with Gasteiger partial charge in [-0.15, -0.1) is 0 Å². The molecule has 5 nitrogen and oxygen atoms in total. The van der Waals surface area contributed by atoms with Crippen molar-refractivity contribution >= 4 is 22.6 Å². The van der Waals surface area contributed by atoms with Crippen LogP contribution in [-0.4, -0.2) is 21.8 Å². The Morgan fingerprint density at radius 1 is 1.50 bits per heavy atom. The summed E-state index contributed by atoms with van der Waals surface area (Å²) >= 11 is 1.31. The Morgan fingerprint density at radius 3 is 2.61 bits per heavy atom. The molecule has 6 heteroatoms. The highest BCUT2D eigenvalue weighted by Gasteiger charge is 2.45. The zero-order chi connectivity index (χ0) is 13.6. The van der Waals surface area contributed by atoms with Gasteiger partial charge < -0.3 is 9.84 Å². The number of hydrogen-bond acceptors (Lipinski definition) is 5. The minimum atomic E-state index is -0.713. The molecule has 1 saturated carbocycles. The van der Waals surface area contributed by atoms with Crippen LogP contribution in [0.2, 0.25) is 0 Å². The minimum Gasteiger partial charge on any atom is -0.444 e. The molecule has 100 valence electrons. The maximum absolute atomic E-state index is 11.6. The van der Waals surface area contributed by atoms with Crippen LogP contribution in [-0.2, 0) is 10.3 Å². The number of nitrogens with zero attached hydrogens (tertiary/aromatic N) is 1. The van der Waals surface area contributed by atoms with Gasteiger partial charge in [-0.25, -0.2) is 9.78 Å². The summed E-state index contributed by atoms with van der Waals surface area (Å²) in [6.45, 7) is 7.25. The Hall–Kier alpha value is -1.14. The van der Waals surface area contributed by atoms with Crippen LogP contribution in [0.1, 0.15) is 44.2 Å². The van der Waals surface area contributed by atoms with E-state index in [9.17, 15) is 9.90 Å². The third-order valence-electron chi connectivity index (χ3n) is 2.55. The van der Waals surface area contributed by atoms with Gasteiger partial charge in [0.1, 0.15) is 11.2 Å². The van der Waals surface area contributed by atoms with Crippen LogP contribution < -0.4 is 5.32 Å². The first kappa shape index (κ1) is 13.3. The fraction of sp³-hybridized carbons (Fsp3) is 0.667. The number of ether oxygens (including phenoxy) is 1. The minimum absolute atomic E-state index is 0.470. The van der Waals surface area contributed by atoms with Crippen molar-refractivity contribution in [3.63, 3.8) is 0 Å². The number of carbonyl (C=O) groups excluding carboxylic acids is 1. The number of aliphatic hydroxyl groups is 1. The first-order chi connectivity index (χ1) is 8.20. The maximum Gasteiger partial charge on any atom is 0.413 e. The molecule has 1 aromatic rings. The van der Waals surface area contributed by atoms with Crippen LogP contribution in [0.15, 0.2) is 0 Å². The van der Waals surface area contributed by atoms with E-state index < -0.39 is 17.3 Å². The fourth-order valence-electron chi connectivity index (χ4n) is 1.62. The molecule has 1 aromatic heterocycles. The average molecular weight is 270 g/mol. The molecule has 1 amide bonds. The van der Waals surface area contributed by atoms with Crippen LogP contribution in [0.5, 0.6) is 0 Å². The van der Waals surface area contributed by atoms with Crippen molar-refractivity contribution in [2.45, 2.75) is 51.7 Å². The lowest BCUT2D eigenvalue weighted by Crippen LogP contribution is -2.27. The molecule has 0 saturated heterocycles. The van der Waals surface area contributed by atoms with Crippen molar-refractivity contribution in [1.29, 1.82) is 0 Å². The molecule has 18 heavy (non-hydrogen) atoms. The highest BCUT2D eigenvalue weighted by Crippen LogP contribution is 2.49. The molecular formula is C12H18N2O3S. The first-order valence-electron chi connectivity index (χ1n) is 5.90. The van der Waals surface area contributed by atoms with Gasteiger partial charge in [0.15, 0.2) is 5.13 Å². The van der Waals surface area contributed by atoms with E-state index in [0.29, 0.717) is 5.13 Å². The summed E-state index contributed by atoms with van der Waals surface area (Å²) in [6.07, 6.45) is 1.01. The van der Waals surface area contributed by atoms with E-state index in [0.717, 1.165) is 23.4 Å². The van der Waals surface area contributed by atoms with Gasteiger partial charge >= 0.3 is 6.09 Å². The number of rotatable bonds is 2. The van der Waals surface area contributed by atoms with Crippen LogP contribution >= 0.6 is 11.3 Å². The lowest BCUT2D eigenvalue weighted by Gasteiger charge is -2.18. The largest absolute Gasteiger partial charge is 0.444 e. The van der Waals surface area contributed by atoms with Crippen LogP contribution in [0, 0.1) is 6.92 Å². The average Bonchev–Trinajstić information content (AvgIpc) is 2.79.